The van der Waals surface area contributed by atoms with Crippen LogP contribution in [0.4, 0.5) is 0 Å². The highest BCUT2D eigenvalue weighted by Gasteiger charge is 2.21. The zero-order valence-electron chi connectivity index (χ0n) is 11.5. The molecule has 104 valence electrons. The Balaban J connectivity index is 2.46. The summed E-state index contributed by atoms with van der Waals surface area (Å²) in [5, 5.41) is 3.28. The van der Waals surface area contributed by atoms with Crippen LogP contribution in [0.3, 0.4) is 0 Å². The molecular formula is C12H23N3O2S. The average molecular weight is 273 g/mol. The first-order valence-corrected chi connectivity index (χ1v) is 7.96. The van der Waals surface area contributed by atoms with Crippen molar-refractivity contribution in [3.05, 3.63) is 24.0 Å². The average Bonchev–Trinajstić information content (AvgIpc) is 2.61. The molecule has 1 aromatic rings. The van der Waals surface area contributed by atoms with E-state index in [1.807, 2.05) is 26.1 Å². The minimum atomic E-state index is -3.17. The van der Waals surface area contributed by atoms with Gasteiger partial charge in [-0.2, -0.15) is 0 Å². The van der Waals surface area contributed by atoms with Gasteiger partial charge < -0.3 is 9.88 Å². The molecule has 18 heavy (non-hydrogen) atoms. The Hall–Kier alpha value is -0.850. The van der Waals surface area contributed by atoms with Gasteiger partial charge in [-0.05, 0) is 32.9 Å². The number of nitrogens with one attached hydrogen (secondary N) is 2. The van der Waals surface area contributed by atoms with E-state index in [1.54, 1.807) is 0 Å². The van der Waals surface area contributed by atoms with Gasteiger partial charge in [0, 0.05) is 37.1 Å². The number of hydrogen-bond acceptors (Lipinski definition) is 3. The van der Waals surface area contributed by atoms with Gasteiger partial charge in [-0.15, -0.1) is 0 Å². The van der Waals surface area contributed by atoms with E-state index in [-0.39, 0.29) is 0 Å². The molecule has 0 aliphatic heterocycles. The number of sulfonamides is 1. The molecule has 0 atom stereocenters. The SMILES string of the molecule is CCn1cccc1CNCC(C)(C)NS(C)(=O)=O. The molecule has 6 heteroatoms. The third kappa shape index (κ3) is 5.20. The third-order valence-corrected chi connectivity index (χ3v) is 3.52. The fraction of sp³-hybridized carbons (Fsp3) is 0.667. The van der Waals surface area contributed by atoms with Crippen molar-refractivity contribution in [1.29, 1.82) is 0 Å². The highest BCUT2D eigenvalue weighted by atomic mass is 32.2. The first kappa shape index (κ1) is 15.2. The maximum atomic E-state index is 11.2. The summed E-state index contributed by atoms with van der Waals surface area (Å²) in [4.78, 5) is 0. The summed E-state index contributed by atoms with van der Waals surface area (Å²) < 4.78 is 27.2. The van der Waals surface area contributed by atoms with Gasteiger partial charge in [0.2, 0.25) is 10.0 Å². The molecule has 0 radical (unpaired) electrons. The van der Waals surface area contributed by atoms with Crippen LogP contribution in [-0.4, -0.2) is 31.3 Å². The van der Waals surface area contributed by atoms with E-state index in [9.17, 15) is 8.42 Å². The number of rotatable bonds is 7. The molecule has 0 aliphatic carbocycles. The lowest BCUT2D eigenvalue weighted by Crippen LogP contribution is -2.49. The molecule has 1 rings (SSSR count). The van der Waals surface area contributed by atoms with Crippen LogP contribution in [0, 0.1) is 0 Å². The normalized spacial score (nSPS) is 12.9. The maximum absolute atomic E-state index is 11.2. The van der Waals surface area contributed by atoms with E-state index in [4.69, 9.17) is 0 Å². The zero-order chi connectivity index (χ0) is 13.8. The van der Waals surface area contributed by atoms with Gasteiger partial charge in [-0.1, -0.05) is 0 Å². The van der Waals surface area contributed by atoms with Crippen LogP contribution in [0.2, 0.25) is 0 Å². The van der Waals surface area contributed by atoms with E-state index in [1.165, 1.54) is 11.9 Å². The van der Waals surface area contributed by atoms with Gasteiger partial charge in [0.05, 0.1) is 6.26 Å². The summed E-state index contributed by atoms with van der Waals surface area (Å²) in [6.45, 7) is 8.07. The lowest BCUT2D eigenvalue weighted by Gasteiger charge is -2.25. The van der Waals surface area contributed by atoms with Crippen molar-refractivity contribution in [3.8, 4) is 0 Å². The number of hydrogen-bond donors (Lipinski definition) is 2. The Labute approximate surface area is 110 Å². The highest BCUT2D eigenvalue weighted by molar-refractivity contribution is 7.88. The van der Waals surface area contributed by atoms with Gasteiger partial charge in [0.25, 0.3) is 0 Å². The summed E-state index contributed by atoms with van der Waals surface area (Å²) >= 11 is 0. The molecule has 0 saturated carbocycles. The fourth-order valence-corrected chi connectivity index (χ4v) is 3.04. The molecule has 0 saturated heterocycles. The van der Waals surface area contributed by atoms with Gasteiger partial charge in [0.15, 0.2) is 0 Å². The highest BCUT2D eigenvalue weighted by Crippen LogP contribution is 2.05. The second-order valence-electron chi connectivity index (χ2n) is 5.15. The van der Waals surface area contributed by atoms with Crippen molar-refractivity contribution < 1.29 is 8.42 Å². The summed E-state index contributed by atoms with van der Waals surface area (Å²) in [5.41, 5.74) is 0.713. The zero-order valence-corrected chi connectivity index (χ0v) is 12.3. The van der Waals surface area contributed by atoms with Crippen LogP contribution < -0.4 is 10.0 Å². The van der Waals surface area contributed by atoms with Gasteiger partial charge >= 0.3 is 0 Å². The molecule has 1 aromatic heterocycles. The first-order valence-electron chi connectivity index (χ1n) is 6.07. The summed E-state index contributed by atoms with van der Waals surface area (Å²) in [6, 6.07) is 4.08. The molecule has 0 unspecified atom stereocenters. The van der Waals surface area contributed by atoms with Gasteiger partial charge in [-0.25, -0.2) is 13.1 Å². The van der Waals surface area contributed by atoms with Crippen molar-refractivity contribution in [2.24, 2.45) is 0 Å². The molecule has 1 heterocycles. The molecule has 0 fully saturated rings. The topological polar surface area (TPSA) is 63.1 Å². The van der Waals surface area contributed by atoms with Crippen molar-refractivity contribution in [1.82, 2.24) is 14.6 Å². The Kier molecular flexibility index (Phi) is 4.95. The molecule has 0 aromatic carbocycles. The molecule has 0 amide bonds. The number of aromatic nitrogens is 1. The smallest absolute Gasteiger partial charge is 0.209 e. The van der Waals surface area contributed by atoms with E-state index in [0.717, 1.165) is 13.1 Å². The van der Waals surface area contributed by atoms with E-state index in [0.29, 0.717) is 6.54 Å². The number of aryl methyl sites for hydroxylation is 1. The van der Waals surface area contributed by atoms with E-state index in [2.05, 4.69) is 27.6 Å². The lowest BCUT2D eigenvalue weighted by molar-refractivity contribution is 0.418. The maximum Gasteiger partial charge on any atom is 0.209 e. The molecule has 0 spiro atoms. The van der Waals surface area contributed by atoms with Crippen LogP contribution in [0.5, 0.6) is 0 Å². The minimum Gasteiger partial charge on any atom is -0.351 e. The van der Waals surface area contributed by atoms with E-state index < -0.39 is 15.6 Å². The van der Waals surface area contributed by atoms with Gasteiger partial charge in [-0.3, -0.25) is 0 Å². The Morgan fingerprint density at radius 3 is 2.61 bits per heavy atom. The second-order valence-corrected chi connectivity index (χ2v) is 6.90. The predicted octanol–water partition coefficient (Wildman–Crippen LogP) is 0.925. The van der Waals surface area contributed by atoms with E-state index >= 15 is 0 Å². The molecule has 0 aliphatic rings. The van der Waals surface area contributed by atoms with Gasteiger partial charge in [0.1, 0.15) is 0 Å². The minimum absolute atomic E-state index is 0.489. The van der Waals surface area contributed by atoms with Crippen molar-refractivity contribution in [2.75, 3.05) is 12.8 Å². The summed E-state index contributed by atoms with van der Waals surface area (Å²) in [6.07, 6.45) is 3.22. The third-order valence-electron chi connectivity index (χ3n) is 2.60. The molecule has 5 nitrogen and oxygen atoms in total. The lowest BCUT2D eigenvalue weighted by atomic mass is 10.1. The van der Waals surface area contributed by atoms with Crippen LogP contribution in [0.1, 0.15) is 26.5 Å². The van der Waals surface area contributed by atoms with Crippen LogP contribution in [0.15, 0.2) is 18.3 Å². The van der Waals surface area contributed by atoms with Crippen LogP contribution in [0.25, 0.3) is 0 Å². The van der Waals surface area contributed by atoms with Crippen molar-refractivity contribution in [3.63, 3.8) is 0 Å². The Morgan fingerprint density at radius 2 is 2.06 bits per heavy atom. The quantitative estimate of drug-likeness (QED) is 0.777. The number of nitrogens with zero attached hydrogens (tertiary/aromatic N) is 1. The summed E-state index contributed by atoms with van der Waals surface area (Å²) in [5.74, 6) is 0. The fourth-order valence-electron chi connectivity index (χ4n) is 1.96. The predicted molar refractivity (Wildman–Crippen MR) is 73.9 cm³/mol. The van der Waals surface area contributed by atoms with Crippen LogP contribution >= 0.6 is 0 Å². The van der Waals surface area contributed by atoms with Crippen molar-refractivity contribution in [2.45, 2.75) is 39.4 Å². The molecular weight excluding hydrogens is 250 g/mol. The second kappa shape index (κ2) is 5.86. The Morgan fingerprint density at radius 1 is 1.39 bits per heavy atom. The van der Waals surface area contributed by atoms with Crippen molar-refractivity contribution >= 4 is 10.0 Å². The molecule has 2 N–H and O–H groups in total. The van der Waals surface area contributed by atoms with Crippen LogP contribution in [-0.2, 0) is 23.1 Å². The largest absolute Gasteiger partial charge is 0.351 e. The summed E-state index contributed by atoms with van der Waals surface area (Å²) in [7, 11) is -3.17. The molecule has 0 bridgehead atoms. The first-order chi connectivity index (χ1) is 8.23. The standard InChI is InChI=1S/C12H23N3O2S/c1-5-15-8-6-7-11(15)9-13-10-12(2,3)14-18(4,16)17/h6-8,13-14H,5,9-10H2,1-4H3. The Bertz CT molecular complexity index is 477. The monoisotopic (exact) mass is 273 g/mol.